The molecule has 5 heteroatoms. The number of anilines is 1. The lowest BCUT2D eigenvalue weighted by molar-refractivity contribution is 0.102. The Bertz CT molecular complexity index is 541. The standard InChI is InChI=1S/C13H15N3OS/c1-9-8-12(15-16(9)2)13(17)14-10-4-6-11(18-3)7-5-10/h4-8H,1-3H3,(H,14,17). The van der Waals surface area contributed by atoms with E-state index in [1.54, 1.807) is 22.5 Å². The van der Waals surface area contributed by atoms with Gasteiger partial charge in [-0.1, -0.05) is 0 Å². The Hall–Kier alpha value is -1.75. The van der Waals surface area contributed by atoms with Crippen LogP contribution in [0, 0.1) is 6.92 Å². The van der Waals surface area contributed by atoms with E-state index in [1.807, 2.05) is 44.5 Å². The SMILES string of the molecule is CSc1ccc(NC(=O)c2cc(C)n(C)n2)cc1. The van der Waals surface area contributed by atoms with Crippen LogP contribution in [0.15, 0.2) is 35.2 Å². The smallest absolute Gasteiger partial charge is 0.276 e. The third-order valence-electron chi connectivity index (χ3n) is 2.69. The summed E-state index contributed by atoms with van der Waals surface area (Å²) >= 11 is 1.67. The summed E-state index contributed by atoms with van der Waals surface area (Å²) in [6.07, 6.45) is 2.02. The summed E-state index contributed by atoms with van der Waals surface area (Å²) in [4.78, 5) is 13.1. The van der Waals surface area contributed by atoms with E-state index >= 15 is 0 Å². The zero-order chi connectivity index (χ0) is 13.1. The fraction of sp³-hybridized carbons (Fsp3) is 0.231. The summed E-state index contributed by atoms with van der Waals surface area (Å²) in [5.74, 6) is -0.185. The van der Waals surface area contributed by atoms with Crippen LogP contribution in [0.5, 0.6) is 0 Å². The van der Waals surface area contributed by atoms with E-state index in [4.69, 9.17) is 0 Å². The number of rotatable bonds is 3. The first-order valence-corrected chi connectivity index (χ1v) is 6.78. The van der Waals surface area contributed by atoms with Gasteiger partial charge in [0.1, 0.15) is 0 Å². The van der Waals surface area contributed by atoms with Crippen LogP contribution >= 0.6 is 11.8 Å². The molecule has 4 nitrogen and oxygen atoms in total. The molecule has 0 atom stereocenters. The second kappa shape index (κ2) is 5.27. The molecule has 0 spiro atoms. The minimum Gasteiger partial charge on any atom is -0.321 e. The van der Waals surface area contributed by atoms with Crippen molar-refractivity contribution in [3.63, 3.8) is 0 Å². The Morgan fingerprint density at radius 2 is 2.00 bits per heavy atom. The number of carbonyl (C=O) groups is 1. The number of benzene rings is 1. The van der Waals surface area contributed by atoms with Crippen LogP contribution in [0.25, 0.3) is 0 Å². The molecule has 0 fully saturated rings. The van der Waals surface area contributed by atoms with Gasteiger partial charge in [-0.05, 0) is 43.5 Å². The number of nitrogens with zero attached hydrogens (tertiary/aromatic N) is 2. The lowest BCUT2D eigenvalue weighted by Crippen LogP contribution is -2.12. The van der Waals surface area contributed by atoms with Crippen LogP contribution in [0.3, 0.4) is 0 Å². The molecule has 1 aromatic carbocycles. The third kappa shape index (κ3) is 2.73. The van der Waals surface area contributed by atoms with Gasteiger partial charge in [0.25, 0.3) is 5.91 Å². The fourth-order valence-corrected chi connectivity index (χ4v) is 1.95. The normalized spacial score (nSPS) is 10.4. The van der Waals surface area contributed by atoms with Crippen LogP contribution < -0.4 is 5.32 Å². The summed E-state index contributed by atoms with van der Waals surface area (Å²) in [6.45, 7) is 1.91. The molecule has 0 radical (unpaired) electrons. The van der Waals surface area contributed by atoms with Gasteiger partial charge in [-0.15, -0.1) is 11.8 Å². The molecule has 94 valence electrons. The van der Waals surface area contributed by atoms with Crippen molar-refractivity contribution in [1.29, 1.82) is 0 Å². The molecular formula is C13H15N3OS. The Labute approximate surface area is 110 Å². The van der Waals surface area contributed by atoms with Gasteiger partial charge < -0.3 is 5.32 Å². The average Bonchev–Trinajstić information content (AvgIpc) is 2.71. The van der Waals surface area contributed by atoms with Crippen LogP contribution in [-0.2, 0) is 7.05 Å². The molecule has 0 saturated carbocycles. The summed E-state index contributed by atoms with van der Waals surface area (Å²) in [5, 5.41) is 6.97. The number of aryl methyl sites for hydroxylation is 2. The van der Waals surface area contributed by atoms with E-state index in [0.717, 1.165) is 11.4 Å². The van der Waals surface area contributed by atoms with Gasteiger partial charge in [-0.25, -0.2) is 0 Å². The van der Waals surface area contributed by atoms with Crippen molar-refractivity contribution in [2.24, 2.45) is 7.05 Å². The van der Waals surface area contributed by atoms with Gasteiger partial charge in [-0.3, -0.25) is 9.48 Å². The topological polar surface area (TPSA) is 46.9 Å². The summed E-state index contributed by atoms with van der Waals surface area (Å²) in [5.41, 5.74) is 2.17. The number of nitrogens with one attached hydrogen (secondary N) is 1. The molecule has 0 aliphatic rings. The van der Waals surface area contributed by atoms with Crippen molar-refractivity contribution >= 4 is 23.4 Å². The van der Waals surface area contributed by atoms with E-state index in [0.29, 0.717) is 5.69 Å². The van der Waals surface area contributed by atoms with E-state index in [9.17, 15) is 4.79 Å². The van der Waals surface area contributed by atoms with Gasteiger partial charge in [0.15, 0.2) is 5.69 Å². The second-order valence-corrected chi connectivity index (χ2v) is 4.86. The predicted molar refractivity (Wildman–Crippen MR) is 74.1 cm³/mol. The number of aromatic nitrogens is 2. The molecule has 0 aliphatic carbocycles. The largest absolute Gasteiger partial charge is 0.321 e. The monoisotopic (exact) mass is 261 g/mol. The van der Waals surface area contributed by atoms with Crippen molar-refractivity contribution in [2.75, 3.05) is 11.6 Å². The number of thioether (sulfide) groups is 1. The average molecular weight is 261 g/mol. The number of carbonyl (C=O) groups excluding carboxylic acids is 1. The van der Waals surface area contributed by atoms with Crippen LogP contribution in [0.2, 0.25) is 0 Å². The predicted octanol–water partition coefficient (Wildman–Crippen LogP) is 2.70. The maximum absolute atomic E-state index is 11.9. The van der Waals surface area contributed by atoms with Gasteiger partial charge in [0, 0.05) is 23.3 Å². The summed E-state index contributed by atoms with van der Waals surface area (Å²) in [6, 6.07) is 9.50. The van der Waals surface area contributed by atoms with Crippen molar-refractivity contribution in [2.45, 2.75) is 11.8 Å². The first-order valence-electron chi connectivity index (χ1n) is 5.56. The second-order valence-electron chi connectivity index (χ2n) is 3.98. The van der Waals surface area contributed by atoms with E-state index < -0.39 is 0 Å². The quantitative estimate of drug-likeness (QED) is 0.864. The molecule has 1 amide bonds. The number of amides is 1. The Balaban J connectivity index is 2.10. The summed E-state index contributed by atoms with van der Waals surface area (Å²) in [7, 11) is 1.82. The van der Waals surface area contributed by atoms with Gasteiger partial charge >= 0.3 is 0 Å². The van der Waals surface area contributed by atoms with Gasteiger partial charge in [-0.2, -0.15) is 5.10 Å². The Morgan fingerprint density at radius 1 is 1.33 bits per heavy atom. The highest BCUT2D eigenvalue weighted by atomic mass is 32.2. The van der Waals surface area contributed by atoms with Crippen LogP contribution in [0.4, 0.5) is 5.69 Å². The van der Waals surface area contributed by atoms with Crippen molar-refractivity contribution in [1.82, 2.24) is 9.78 Å². The molecular weight excluding hydrogens is 246 g/mol. The lowest BCUT2D eigenvalue weighted by atomic mass is 10.3. The lowest BCUT2D eigenvalue weighted by Gasteiger charge is -2.03. The minimum absolute atomic E-state index is 0.185. The zero-order valence-corrected chi connectivity index (χ0v) is 11.4. The van der Waals surface area contributed by atoms with Crippen LogP contribution in [0.1, 0.15) is 16.2 Å². The van der Waals surface area contributed by atoms with Crippen molar-refractivity contribution < 1.29 is 4.79 Å². The van der Waals surface area contributed by atoms with Gasteiger partial charge in [0.2, 0.25) is 0 Å². The molecule has 18 heavy (non-hydrogen) atoms. The maximum Gasteiger partial charge on any atom is 0.276 e. The summed E-state index contributed by atoms with van der Waals surface area (Å²) < 4.78 is 1.69. The third-order valence-corrected chi connectivity index (χ3v) is 3.44. The molecule has 1 heterocycles. The van der Waals surface area contributed by atoms with E-state index in [1.165, 1.54) is 4.90 Å². The Morgan fingerprint density at radius 3 is 2.50 bits per heavy atom. The highest BCUT2D eigenvalue weighted by Gasteiger charge is 2.10. The molecule has 0 aliphatic heterocycles. The maximum atomic E-state index is 11.9. The highest BCUT2D eigenvalue weighted by Crippen LogP contribution is 2.17. The molecule has 1 N–H and O–H groups in total. The van der Waals surface area contributed by atoms with E-state index in [2.05, 4.69) is 10.4 Å². The molecule has 0 bridgehead atoms. The number of hydrogen-bond donors (Lipinski definition) is 1. The zero-order valence-electron chi connectivity index (χ0n) is 10.6. The van der Waals surface area contributed by atoms with Crippen molar-refractivity contribution in [3.05, 3.63) is 41.7 Å². The molecule has 2 aromatic rings. The van der Waals surface area contributed by atoms with Gasteiger partial charge in [0.05, 0.1) is 0 Å². The molecule has 2 rings (SSSR count). The number of hydrogen-bond acceptors (Lipinski definition) is 3. The van der Waals surface area contributed by atoms with E-state index in [-0.39, 0.29) is 5.91 Å². The highest BCUT2D eigenvalue weighted by molar-refractivity contribution is 7.98. The molecule has 0 unspecified atom stereocenters. The first-order chi connectivity index (χ1) is 8.60. The fourth-order valence-electron chi connectivity index (χ4n) is 1.54. The Kier molecular flexibility index (Phi) is 3.72. The molecule has 0 saturated heterocycles. The first kappa shape index (κ1) is 12.7. The minimum atomic E-state index is -0.185. The molecule has 1 aromatic heterocycles. The van der Waals surface area contributed by atoms with Crippen LogP contribution in [-0.4, -0.2) is 21.9 Å². The van der Waals surface area contributed by atoms with Crippen molar-refractivity contribution in [3.8, 4) is 0 Å².